The maximum absolute atomic E-state index is 13.3. The third-order valence-electron chi connectivity index (χ3n) is 6.12. The van der Waals surface area contributed by atoms with Gasteiger partial charge >= 0.3 is 5.76 Å². The number of nitrogens with zero attached hydrogens (tertiary/aromatic N) is 2. The molecule has 0 fully saturated rings. The molecular weight excluding hydrogens is 484 g/mol. The van der Waals surface area contributed by atoms with Crippen LogP contribution in [-0.4, -0.2) is 27.1 Å². The van der Waals surface area contributed by atoms with E-state index in [1.807, 2.05) is 73.7 Å². The van der Waals surface area contributed by atoms with E-state index in [1.165, 1.54) is 6.20 Å². The molecular formula is C29H26N4O5. The van der Waals surface area contributed by atoms with E-state index in [-0.39, 0.29) is 23.8 Å². The summed E-state index contributed by atoms with van der Waals surface area (Å²) in [5, 5.41) is 6.48. The number of amides is 1. The molecule has 9 heteroatoms. The van der Waals surface area contributed by atoms with Crippen molar-refractivity contribution in [3.05, 3.63) is 124 Å². The number of carbonyl (C=O) groups is 1. The van der Waals surface area contributed by atoms with Gasteiger partial charge in [-0.1, -0.05) is 72.7 Å². The Kier molecular flexibility index (Phi) is 7.56. The minimum atomic E-state index is -0.655. The molecule has 2 heterocycles. The highest BCUT2D eigenvalue weighted by Crippen LogP contribution is 2.29. The van der Waals surface area contributed by atoms with E-state index in [9.17, 15) is 9.59 Å². The summed E-state index contributed by atoms with van der Waals surface area (Å²) >= 11 is 0. The molecule has 5 rings (SSSR count). The standard InChI is InChI=1S/C29H26N4O5/c1-19-24(28(34)31-26-13-12-22(16-30-26)27-32-29(35)38-33-27)14-23(36-17-20-8-4-2-5-9-20)15-25(19)37-18-21-10-6-3-7-11-21/h2-16,19,25H,17-18H2,1H3,(H,30,31,34)(H,32,33,35). The number of hydrogen-bond acceptors (Lipinski definition) is 7. The number of benzene rings is 2. The van der Waals surface area contributed by atoms with Crippen LogP contribution in [0.3, 0.4) is 0 Å². The zero-order valence-electron chi connectivity index (χ0n) is 20.7. The number of ether oxygens (including phenoxy) is 2. The fourth-order valence-corrected chi connectivity index (χ4v) is 4.03. The van der Waals surface area contributed by atoms with E-state index in [1.54, 1.807) is 18.2 Å². The normalized spacial score (nSPS) is 16.9. The van der Waals surface area contributed by atoms with Crippen LogP contribution in [-0.2, 0) is 27.5 Å². The third-order valence-corrected chi connectivity index (χ3v) is 6.12. The molecule has 0 spiro atoms. The molecule has 0 radical (unpaired) electrons. The Hall–Kier alpha value is -4.76. The number of anilines is 1. The Balaban J connectivity index is 1.32. The van der Waals surface area contributed by atoms with Crippen molar-refractivity contribution in [2.45, 2.75) is 26.2 Å². The summed E-state index contributed by atoms with van der Waals surface area (Å²) in [6.45, 7) is 2.72. The maximum Gasteiger partial charge on any atom is 0.439 e. The predicted octanol–water partition coefficient (Wildman–Crippen LogP) is 4.63. The van der Waals surface area contributed by atoms with Crippen molar-refractivity contribution < 1.29 is 18.8 Å². The first-order valence-corrected chi connectivity index (χ1v) is 12.1. The molecule has 0 saturated heterocycles. The summed E-state index contributed by atoms with van der Waals surface area (Å²) in [6, 6.07) is 23.0. The lowest BCUT2D eigenvalue weighted by Gasteiger charge is -2.28. The molecule has 38 heavy (non-hydrogen) atoms. The zero-order valence-corrected chi connectivity index (χ0v) is 20.7. The van der Waals surface area contributed by atoms with Crippen molar-refractivity contribution in [2.24, 2.45) is 5.92 Å². The van der Waals surface area contributed by atoms with Crippen LogP contribution in [0.15, 0.2) is 112 Å². The van der Waals surface area contributed by atoms with Gasteiger partial charge in [0.2, 0.25) is 0 Å². The van der Waals surface area contributed by atoms with E-state index in [4.69, 9.17) is 9.47 Å². The van der Waals surface area contributed by atoms with Gasteiger partial charge in [0.05, 0.1) is 12.7 Å². The van der Waals surface area contributed by atoms with Gasteiger partial charge in [0.15, 0.2) is 5.82 Å². The summed E-state index contributed by atoms with van der Waals surface area (Å²) < 4.78 is 16.8. The maximum atomic E-state index is 13.3. The molecule has 192 valence electrons. The van der Waals surface area contributed by atoms with Crippen LogP contribution in [0, 0.1) is 5.92 Å². The lowest BCUT2D eigenvalue weighted by Crippen LogP contribution is -2.31. The molecule has 4 aromatic rings. The van der Waals surface area contributed by atoms with Crippen molar-refractivity contribution in [2.75, 3.05) is 5.32 Å². The molecule has 0 bridgehead atoms. The monoisotopic (exact) mass is 510 g/mol. The topological polar surface area (TPSA) is 119 Å². The lowest BCUT2D eigenvalue weighted by atomic mass is 9.89. The van der Waals surface area contributed by atoms with Crippen LogP contribution >= 0.6 is 0 Å². The van der Waals surface area contributed by atoms with Gasteiger partial charge < -0.3 is 14.8 Å². The van der Waals surface area contributed by atoms with Gasteiger partial charge in [0, 0.05) is 23.3 Å². The molecule has 2 unspecified atom stereocenters. The molecule has 1 amide bonds. The first kappa shape index (κ1) is 24.9. The summed E-state index contributed by atoms with van der Waals surface area (Å²) in [4.78, 5) is 31.3. The average molecular weight is 511 g/mol. The quantitative estimate of drug-likeness (QED) is 0.337. The van der Waals surface area contributed by atoms with Gasteiger partial charge in [0.25, 0.3) is 5.91 Å². The second-order valence-corrected chi connectivity index (χ2v) is 8.82. The number of hydrogen-bond donors (Lipinski definition) is 2. The van der Waals surface area contributed by atoms with Gasteiger partial charge in [-0.15, -0.1) is 0 Å². The van der Waals surface area contributed by atoms with Gasteiger partial charge in [-0.05, 0) is 35.4 Å². The predicted molar refractivity (Wildman–Crippen MR) is 141 cm³/mol. The summed E-state index contributed by atoms with van der Waals surface area (Å²) in [5.41, 5.74) is 3.12. The number of allylic oxidation sites excluding steroid dienone is 1. The average Bonchev–Trinajstić information content (AvgIpc) is 3.39. The number of H-pyrrole nitrogens is 1. The molecule has 2 N–H and O–H groups in total. The SMILES string of the molecule is CC1C(C(=O)Nc2ccc(-c3noc(=O)[nH]3)cn2)=CC(OCc2ccccc2)=CC1OCc1ccccc1. The second kappa shape index (κ2) is 11.5. The first-order valence-electron chi connectivity index (χ1n) is 12.1. The zero-order chi connectivity index (χ0) is 26.3. The van der Waals surface area contributed by atoms with E-state index < -0.39 is 5.76 Å². The summed E-state index contributed by atoms with van der Waals surface area (Å²) in [7, 11) is 0. The minimum absolute atomic E-state index is 0.234. The van der Waals surface area contributed by atoms with Crippen LogP contribution in [0.1, 0.15) is 18.1 Å². The van der Waals surface area contributed by atoms with Gasteiger partial charge in [-0.25, -0.2) is 9.78 Å². The van der Waals surface area contributed by atoms with Crippen LogP contribution in [0.2, 0.25) is 0 Å². The van der Waals surface area contributed by atoms with E-state index in [2.05, 4.69) is 25.0 Å². The van der Waals surface area contributed by atoms with Crippen molar-refractivity contribution in [3.8, 4) is 11.4 Å². The van der Waals surface area contributed by atoms with Crippen LogP contribution in [0.4, 0.5) is 5.82 Å². The lowest BCUT2D eigenvalue weighted by molar-refractivity contribution is -0.114. The highest BCUT2D eigenvalue weighted by Gasteiger charge is 2.30. The van der Waals surface area contributed by atoms with Crippen molar-refractivity contribution >= 4 is 11.7 Å². The third kappa shape index (κ3) is 6.13. The number of nitrogens with one attached hydrogen (secondary N) is 2. The minimum Gasteiger partial charge on any atom is -0.489 e. The number of aromatic nitrogens is 3. The molecule has 2 aromatic carbocycles. The van der Waals surface area contributed by atoms with Gasteiger partial charge in [-0.3, -0.25) is 14.3 Å². The molecule has 1 aliphatic carbocycles. The fourth-order valence-electron chi connectivity index (χ4n) is 4.03. The molecule has 2 atom stereocenters. The van der Waals surface area contributed by atoms with Crippen molar-refractivity contribution in [1.82, 2.24) is 15.1 Å². The highest BCUT2D eigenvalue weighted by molar-refractivity contribution is 6.04. The van der Waals surface area contributed by atoms with Crippen LogP contribution in [0.5, 0.6) is 0 Å². The van der Waals surface area contributed by atoms with Crippen LogP contribution in [0.25, 0.3) is 11.4 Å². The first-order chi connectivity index (χ1) is 18.5. The number of aromatic amines is 1. The molecule has 1 aliphatic rings. The number of carbonyl (C=O) groups excluding carboxylic acids is 1. The molecule has 0 aliphatic heterocycles. The van der Waals surface area contributed by atoms with Gasteiger partial charge in [-0.2, -0.15) is 0 Å². The Morgan fingerprint density at radius 3 is 2.34 bits per heavy atom. The van der Waals surface area contributed by atoms with Gasteiger partial charge in [0.1, 0.15) is 18.2 Å². The Morgan fingerprint density at radius 2 is 1.71 bits per heavy atom. The van der Waals surface area contributed by atoms with E-state index >= 15 is 0 Å². The highest BCUT2D eigenvalue weighted by atomic mass is 16.5. The molecule has 0 saturated carbocycles. The van der Waals surface area contributed by atoms with E-state index in [0.717, 1.165) is 11.1 Å². The largest absolute Gasteiger partial charge is 0.489 e. The van der Waals surface area contributed by atoms with Crippen LogP contribution < -0.4 is 11.1 Å². The Bertz CT molecular complexity index is 1490. The second-order valence-electron chi connectivity index (χ2n) is 8.82. The number of pyridine rings is 1. The van der Waals surface area contributed by atoms with E-state index in [0.29, 0.717) is 35.9 Å². The number of rotatable bonds is 9. The Morgan fingerprint density at radius 1 is 1.00 bits per heavy atom. The fraction of sp³-hybridized carbons (Fsp3) is 0.172. The summed E-state index contributed by atoms with van der Waals surface area (Å²) in [5.74, 6) is -0.0305. The summed E-state index contributed by atoms with van der Waals surface area (Å²) in [6.07, 6.45) is 4.78. The van der Waals surface area contributed by atoms with Crippen molar-refractivity contribution in [3.63, 3.8) is 0 Å². The molecule has 9 nitrogen and oxygen atoms in total. The molecule has 2 aromatic heterocycles. The smallest absolute Gasteiger partial charge is 0.439 e. The van der Waals surface area contributed by atoms with Crippen molar-refractivity contribution in [1.29, 1.82) is 0 Å². The Labute approximate surface area is 218 Å².